The number of ether oxygens (including phenoxy) is 2. The molecule has 0 radical (unpaired) electrons. The van der Waals surface area contributed by atoms with Gasteiger partial charge in [-0.2, -0.15) is 0 Å². The van der Waals surface area contributed by atoms with Gasteiger partial charge in [0.25, 0.3) is 0 Å². The Kier molecular flexibility index (Phi) is 12.7. The molecule has 0 aliphatic carbocycles. The predicted octanol–water partition coefficient (Wildman–Crippen LogP) is 2.56. The zero-order valence-electron chi connectivity index (χ0n) is 22.0. The van der Waals surface area contributed by atoms with Gasteiger partial charge in [-0.15, -0.1) is 0 Å². The highest BCUT2D eigenvalue weighted by Gasteiger charge is 2.28. The summed E-state index contributed by atoms with van der Waals surface area (Å²) in [5, 5.41) is 0. The van der Waals surface area contributed by atoms with E-state index in [9.17, 15) is 0 Å². The number of halogens is 1. The second-order valence-corrected chi connectivity index (χ2v) is 11.4. The van der Waals surface area contributed by atoms with Crippen molar-refractivity contribution in [3.63, 3.8) is 0 Å². The molecule has 0 aromatic heterocycles. The molecule has 0 unspecified atom stereocenters. The van der Waals surface area contributed by atoms with E-state index in [0.717, 1.165) is 36.3 Å². The summed E-state index contributed by atoms with van der Waals surface area (Å²) in [6.07, 6.45) is 1.15. The van der Waals surface area contributed by atoms with Gasteiger partial charge in [-0.05, 0) is 47.4 Å². The third kappa shape index (κ3) is 11.4. The maximum Gasteiger partial charge on any atom is 0.119 e. The maximum atomic E-state index is 5.95. The molecule has 0 saturated carbocycles. The third-order valence-electron chi connectivity index (χ3n) is 5.69. The summed E-state index contributed by atoms with van der Waals surface area (Å²) < 4.78 is 12.7. The van der Waals surface area contributed by atoms with Gasteiger partial charge in [0.1, 0.15) is 25.4 Å². The van der Waals surface area contributed by atoms with Gasteiger partial charge in [0, 0.05) is 5.56 Å². The van der Waals surface area contributed by atoms with Crippen LogP contribution < -0.4 is 17.1 Å². The molecule has 2 aromatic carbocycles. The molecule has 2 rings (SSSR count). The van der Waals surface area contributed by atoms with Gasteiger partial charge in [-0.25, -0.2) is 0 Å². The molecule has 0 atom stereocenters. The summed E-state index contributed by atoms with van der Waals surface area (Å²) in [6, 6.07) is 17.1. The Morgan fingerprint density at radius 3 is 2.06 bits per heavy atom. The molecule has 33 heavy (non-hydrogen) atoms. The third-order valence-corrected chi connectivity index (χ3v) is 5.69. The zero-order valence-corrected chi connectivity index (χ0v) is 22.8. The number of hydrogen-bond acceptors (Lipinski definition) is 2. The number of likely N-dealkylation sites (N-methyl/N-ethyl adjacent to an activating group) is 1. The van der Waals surface area contributed by atoms with Gasteiger partial charge in [0.2, 0.25) is 0 Å². The van der Waals surface area contributed by atoms with Crippen LogP contribution in [0, 0.1) is 12.3 Å². The number of aryl methyl sites for hydroxylation is 1. The fraction of sp³-hybridized carbons (Fsp3) is 0.571. The number of quaternary nitrogens is 1. The average Bonchev–Trinajstić information content (AvgIpc) is 2.63. The number of hydrogen-bond donors (Lipinski definition) is 0. The molecule has 2 N–H and O–H groups in total. The van der Waals surface area contributed by atoms with Gasteiger partial charge >= 0.3 is 0 Å². The highest BCUT2D eigenvalue weighted by Crippen LogP contribution is 2.38. The quantitative estimate of drug-likeness (QED) is 0.367. The van der Waals surface area contributed by atoms with Crippen LogP contribution in [0.4, 0.5) is 0 Å². The van der Waals surface area contributed by atoms with Crippen LogP contribution in [-0.2, 0) is 16.7 Å². The van der Waals surface area contributed by atoms with Crippen molar-refractivity contribution >= 4 is 0 Å². The van der Waals surface area contributed by atoms with Crippen molar-refractivity contribution in [3.8, 4) is 5.75 Å². The Morgan fingerprint density at radius 1 is 0.848 bits per heavy atom. The molecule has 0 saturated heterocycles. The molecule has 5 heteroatoms. The van der Waals surface area contributed by atoms with Crippen molar-refractivity contribution in [1.82, 2.24) is 0 Å². The van der Waals surface area contributed by atoms with Crippen LogP contribution >= 0.6 is 0 Å². The predicted molar refractivity (Wildman–Crippen MR) is 135 cm³/mol. The van der Waals surface area contributed by atoms with Crippen molar-refractivity contribution in [1.29, 1.82) is 0 Å². The van der Waals surface area contributed by atoms with Crippen molar-refractivity contribution in [3.05, 3.63) is 65.2 Å². The Balaban J connectivity index is 0.00000512. The number of nitrogens with zero attached hydrogens (tertiary/aromatic N) is 1. The second-order valence-electron chi connectivity index (χ2n) is 11.4. The van der Waals surface area contributed by atoms with E-state index in [1.807, 2.05) is 0 Å². The van der Waals surface area contributed by atoms with Crippen LogP contribution in [0.1, 0.15) is 57.7 Å². The monoisotopic (exact) mass is 479 g/mol. The fourth-order valence-electron chi connectivity index (χ4n) is 4.70. The number of benzene rings is 2. The van der Waals surface area contributed by atoms with E-state index in [0.29, 0.717) is 18.6 Å². The summed E-state index contributed by atoms with van der Waals surface area (Å²) in [4.78, 5) is 0. The minimum absolute atomic E-state index is 0. The molecule has 0 aliphatic heterocycles. The van der Waals surface area contributed by atoms with Gasteiger partial charge in [0.15, 0.2) is 0 Å². The topological polar surface area (TPSA) is 50.0 Å². The Hall–Kier alpha value is -1.59. The van der Waals surface area contributed by atoms with Crippen LogP contribution in [0.25, 0.3) is 0 Å². The minimum Gasteiger partial charge on any atom is -1.00 e. The van der Waals surface area contributed by atoms with E-state index in [1.54, 1.807) is 0 Å². The second kappa shape index (κ2) is 13.3. The van der Waals surface area contributed by atoms with Crippen LogP contribution in [0.2, 0.25) is 0 Å². The lowest BCUT2D eigenvalue weighted by Crippen LogP contribution is -3.00. The average molecular weight is 480 g/mol. The molecule has 0 fully saturated rings. The summed E-state index contributed by atoms with van der Waals surface area (Å²) in [5.74, 6) is 0.927. The van der Waals surface area contributed by atoms with Gasteiger partial charge in [0.05, 0.1) is 27.3 Å². The standard InChI is InChI=1S/C28H44NO2.ClH.H2O/c1-23-20-25(14-15-26(23)28(5,6)22-27(2,3)4)31-19-18-30-17-16-29(7,8)21-24-12-10-9-11-13-24;;/h9-15,20H,16-19,21-22H2,1-8H3;1H;1H2/q+1;;/p-1. The highest BCUT2D eigenvalue weighted by molar-refractivity contribution is 5.39. The van der Waals surface area contributed by atoms with E-state index in [-0.39, 0.29) is 23.3 Å². The molecular weight excluding hydrogens is 434 g/mol. The first-order valence-corrected chi connectivity index (χ1v) is 11.6. The molecular formula is C28H46ClNO3. The normalized spacial score (nSPS) is 12.0. The summed E-state index contributed by atoms with van der Waals surface area (Å²) in [5.41, 5.74) is 4.52. The Labute approximate surface area is 208 Å². The van der Waals surface area contributed by atoms with Crippen molar-refractivity contribution in [2.75, 3.05) is 40.5 Å². The zero-order chi connectivity index (χ0) is 23.1. The molecule has 0 bridgehead atoms. The van der Waals surface area contributed by atoms with E-state index in [4.69, 9.17) is 9.47 Å². The van der Waals surface area contributed by atoms with Crippen molar-refractivity contribution in [2.45, 2.75) is 59.9 Å². The maximum absolute atomic E-state index is 5.95. The first-order chi connectivity index (χ1) is 14.4. The Bertz CT molecular complexity index is 814. The number of rotatable bonds is 11. The fourth-order valence-corrected chi connectivity index (χ4v) is 4.70. The smallest absolute Gasteiger partial charge is 0.119 e. The van der Waals surface area contributed by atoms with Crippen molar-refractivity contribution < 1.29 is 31.8 Å². The van der Waals surface area contributed by atoms with E-state index in [2.05, 4.69) is 104 Å². The lowest BCUT2D eigenvalue weighted by Gasteiger charge is -2.34. The van der Waals surface area contributed by atoms with Crippen molar-refractivity contribution in [2.24, 2.45) is 5.41 Å². The molecule has 0 amide bonds. The van der Waals surface area contributed by atoms with Gasteiger partial charge in [-0.3, -0.25) is 0 Å². The van der Waals surface area contributed by atoms with Crippen LogP contribution in [-0.4, -0.2) is 50.4 Å². The minimum atomic E-state index is 0. The molecule has 0 spiro atoms. The van der Waals surface area contributed by atoms with Gasteiger partial charge in [-0.1, -0.05) is 71.0 Å². The molecule has 0 aliphatic rings. The summed E-state index contributed by atoms with van der Waals surface area (Å²) in [7, 11) is 4.50. The molecule has 4 nitrogen and oxygen atoms in total. The summed E-state index contributed by atoms with van der Waals surface area (Å²) in [6.45, 7) is 17.7. The molecule has 0 heterocycles. The van der Waals surface area contributed by atoms with Crippen LogP contribution in [0.5, 0.6) is 5.75 Å². The lowest BCUT2D eigenvalue weighted by atomic mass is 9.71. The summed E-state index contributed by atoms with van der Waals surface area (Å²) >= 11 is 0. The molecule has 188 valence electrons. The van der Waals surface area contributed by atoms with E-state index in [1.165, 1.54) is 16.7 Å². The largest absolute Gasteiger partial charge is 1.00 e. The first-order valence-electron chi connectivity index (χ1n) is 11.6. The van der Waals surface area contributed by atoms with Crippen LogP contribution in [0.15, 0.2) is 48.5 Å². The first kappa shape index (κ1) is 31.4. The lowest BCUT2D eigenvalue weighted by molar-refractivity contribution is -0.904. The Morgan fingerprint density at radius 2 is 1.48 bits per heavy atom. The van der Waals surface area contributed by atoms with Crippen LogP contribution in [0.3, 0.4) is 0 Å². The van der Waals surface area contributed by atoms with E-state index < -0.39 is 0 Å². The SMILES string of the molecule is Cc1cc(OCCOCC[N+](C)(C)Cc2ccccc2)ccc1C(C)(C)CC(C)(C)C.O.[Cl-]. The molecule has 2 aromatic rings. The van der Waals surface area contributed by atoms with E-state index >= 15 is 0 Å². The highest BCUT2D eigenvalue weighted by atomic mass is 35.5. The van der Waals surface area contributed by atoms with Gasteiger partial charge < -0.3 is 31.8 Å².